The van der Waals surface area contributed by atoms with E-state index >= 15 is 0 Å². The number of terminal acetylenes is 1. The van der Waals surface area contributed by atoms with Crippen LogP contribution in [0.3, 0.4) is 0 Å². The Morgan fingerprint density at radius 2 is 1.56 bits per heavy atom. The molecule has 0 aliphatic carbocycles. The van der Waals surface area contributed by atoms with Gasteiger partial charge in [-0.15, -0.1) is 6.42 Å². The normalized spacial score (nSPS) is 21.8. The Balaban J connectivity index is 1.42. The minimum absolute atomic E-state index is 0.0766. The fourth-order valence-electron chi connectivity index (χ4n) is 4.46. The summed E-state index contributed by atoms with van der Waals surface area (Å²) in [4.78, 5) is 12.9. The summed E-state index contributed by atoms with van der Waals surface area (Å²) in [5, 5.41) is 5.74. The summed E-state index contributed by atoms with van der Waals surface area (Å²) in [6.07, 6.45) is 24.0. The SMILES string of the molecule is C#CCOc1ccc(C2C=C3C=C4C=CC(=N4)C=C4C=CC(=N4)C=c4ccc([nH]4)=CC2N3)cc1. The van der Waals surface area contributed by atoms with Crippen molar-refractivity contribution in [2.24, 2.45) is 9.98 Å². The zero-order chi connectivity index (χ0) is 22.9. The van der Waals surface area contributed by atoms with Crippen molar-refractivity contribution in [1.82, 2.24) is 10.3 Å². The van der Waals surface area contributed by atoms with E-state index < -0.39 is 0 Å². The van der Waals surface area contributed by atoms with Crippen molar-refractivity contribution in [2.45, 2.75) is 12.0 Å². The maximum atomic E-state index is 5.54. The lowest BCUT2D eigenvalue weighted by Crippen LogP contribution is -2.27. The number of rotatable bonds is 3. The molecular weight excluding hydrogens is 420 g/mol. The number of H-pyrrole nitrogens is 1. The molecule has 2 aromatic rings. The molecule has 4 aliphatic rings. The fraction of sp³-hybridized carbons (Fsp3) is 0.103. The predicted molar refractivity (Wildman–Crippen MR) is 137 cm³/mol. The molecule has 0 saturated heterocycles. The van der Waals surface area contributed by atoms with Gasteiger partial charge in [-0.05, 0) is 78.4 Å². The Morgan fingerprint density at radius 1 is 0.824 bits per heavy atom. The Kier molecular flexibility index (Phi) is 4.97. The van der Waals surface area contributed by atoms with Crippen LogP contribution in [-0.4, -0.2) is 29.1 Å². The van der Waals surface area contributed by atoms with Crippen molar-refractivity contribution in [3.05, 3.63) is 112 Å². The summed E-state index contributed by atoms with van der Waals surface area (Å²) in [5.41, 5.74) is 5.86. The molecule has 164 valence electrons. The Bertz CT molecular complexity index is 1530. The van der Waals surface area contributed by atoms with Crippen LogP contribution in [0.15, 0.2) is 106 Å². The van der Waals surface area contributed by atoms with Gasteiger partial charge in [-0.2, -0.15) is 0 Å². The van der Waals surface area contributed by atoms with E-state index in [1.54, 1.807) is 0 Å². The summed E-state index contributed by atoms with van der Waals surface area (Å²) < 4.78 is 5.54. The van der Waals surface area contributed by atoms with Crippen molar-refractivity contribution in [3.63, 3.8) is 0 Å². The standard InChI is InChI=1S/C29H22N4O/c1-2-13-34-27-11-3-19(4-12-27)28-17-26-16-24-8-7-22(31-24)14-20-5-6-21(30-20)15-23-9-10-25(32-23)18-29(28)33-26/h1,3-12,14-18,28-29,32-33H,13H2. The number of aliphatic imine (C=N–C) groups is 2. The molecule has 0 radical (unpaired) electrons. The molecule has 0 saturated carbocycles. The van der Waals surface area contributed by atoms with E-state index in [-0.39, 0.29) is 18.6 Å². The minimum Gasteiger partial charge on any atom is -0.481 e. The average molecular weight is 443 g/mol. The van der Waals surface area contributed by atoms with Crippen LogP contribution in [-0.2, 0) is 0 Å². The van der Waals surface area contributed by atoms with Crippen molar-refractivity contribution in [2.75, 3.05) is 6.61 Å². The Hall–Kier alpha value is -4.56. The lowest BCUT2D eigenvalue weighted by Gasteiger charge is -2.17. The molecule has 1 aromatic heterocycles. The van der Waals surface area contributed by atoms with Crippen LogP contribution in [0.1, 0.15) is 11.5 Å². The number of aromatic amines is 1. The van der Waals surface area contributed by atoms with Crippen LogP contribution in [0.4, 0.5) is 0 Å². The monoisotopic (exact) mass is 442 g/mol. The van der Waals surface area contributed by atoms with E-state index in [0.717, 1.165) is 45.0 Å². The topological polar surface area (TPSA) is 61.8 Å². The number of hydrogen-bond donors (Lipinski definition) is 2. The number of nitrogens with zero attached hydrogens (tertiary/aromatic N) is 2. The lowest BCUT2D eigenvalue weighted by molar-refractivity contribution is 0.370. The molecule has 0 spiro atoms. The van der Waals surface area contributed by atoms with E-state index in [1.165, 1.54) is 5.56 Å². The average Bonchev–Trinajstić information content (AvgIpc) is 3.63. The van der Waals surface area contributed by atoms with Gasteiger partial charge in [-0.25, -0.2) is 9.98 Å². The third kappa shape index (κ3) is 4.10. The molecule has 2 unspecified atom stereocenters. The zero-order valence-electron chi connectivity index (χ0n) is 18.4. The summed E-state index contributed by atoms with van der Waals surface area (Å²) in [7, 11) is 0. The first-order valence-electron chi connectivity index (χ1n) is 11.2. The molecule has 8 bridgehead atoms. The smallest absolute Gasteiger partial charge is 0.148 e. The van der Waals surface area contributed by atoms with Crippen LogP contribution in [0.25, 0.3) is 12.2 Å². The molecule has 1 aromatic carbocycles. The van der Waals surface area contributed by atoms with Crippen LogP contribution in [0, 0.1) is 12.3 Å². The minimum atomic E-state index is 0.0766. The second-order valence-corrected chi connectivity index (χ2v) is 8.44. The molecule has 5 heteroatoms. The van der Waals surface area contributed by atoms with Gasteiger partial charge in [0, 0.05) is 22.3 Å². The maximum absolute atomic E-state index is 5.54. The summed E-state index contributed by atoms with van der Waals surface area (Å²) in [6, 6.07) is 12.4. The third-order valence-electron chi connectivity index (χ3n) is 6.03. The lowest BCUT2D eigenvalue weighted by atomic mass is 9.93. The first-order valence-corrected chi connectivity index (χ1v) is 11.2. The molecule has 2 N–H and O–H groups in total. The van der Waals surface area contributed by atoms with Gasteiger partial charge in [0.25, 0.3) is 0 Å². The van der Waals surface area contributed by atoms with Gasteiger partial charge in [-0.1, -0.05) is 24.1 Å². The van der Waals surface area contributed by atoms with Gasteiger partial charge in [0.05, 0.1) is 28.9 Å². The van der Waals surface area contributed by atoms with E-state index in [0.29, 0.717) is 0 Å². The summed E-state index contributed by atoms with van der Waals surface area (Å²) in [5.74, 6) is 3.42. The van der Waals surface area contributed by atoms with Crippen LogP contribution >= 0.6 is 0 Å². The Labute approximate surface area is 197 Å². The zero-order valence-corrected chi connectivity index (χ0v) is 18.4. The number of ether oxygens (including phenoxy) is 1. The highest BCUT2D eigenvalue weighted by Gasteiger charge is 2.26. The molecule has 34 heavy (non-hydrogen) atoms. The first kappa shape index (κ1) is 20.1. The molecule has 0 fully saturated rings. The van der Waals surface area contributed by atoms with E-state index in [1.807, 2.05) is 42.5 Å². The van der Waals surface area contributed by atoms with Crippen molar-refractivity contribution in [3.8, 4) is 18.1 Å². The number of fused-ring (bicyclic) bond motifs is 6. The number of benzene rings is 1. The van der Waals surface area contributed by atoms with Crippen molar-refractivity contribution in [1.29, 1.82) is 0 Å². The van der Waals surface area contributed by atoms with Gasteiger partial charge in [0.2, 0.25) is 0 Å². The largest absolute Gasteiger partial charge is 0.481 e. The van der Waals surface area contributed by atoms with Crippen molar-refractivity contribution >= 4 is 23.6 Å². The van der Waals surface area contributed by atoms with E-state index in [2.05, 4.69) is 69.8 Å². The second kappa shape index (κ2) is 8.42. The molecule has 6 rings (SSSR count). The number of nitrogens with one attached hydrogen (secondary N) is 2. The van der Waals surface area contributed by atoms with E-state index in [9.17, 15) is 0 Å². The third-order valence-corrected chi connectivity index (χ3v) is 6.03. The van der Waals surface area contributed by atoms with Crippen molar-refractivity contribution < 1.29 is 4.74 Å². The highest BCUT2D eigenvalue weighted by atomic mass is 16.5. The first-order chi connectivity index (χ1) is 16.7. The second-order valence-electron chi connectivity index (χ2n) is 8.44. The molecule has 5 nitrogen and oxygen atoms in total. The highest BCUT2D eigenvalue weighted by Crippen LogP contribution is 2.31. The van der Waals surface area contributed by atoms with Crippen LogP contribution in [0.2, 0.25) is 0 Å². The van der Waals surface area contributed by atoms with Gasteiger partial charge >= 0.3 is 0 Å². The molecule has 4 aliphatic heterocycles. The maximum Gasteiger partial charge on any atom is 0.148 e. The Morgan fingerprint density at radius 3 is 2.35 bits per heavy atom. The molecular formula is C29H22N4O. The van der Waals surface area contributed by atoms with Gasteiger partial charge in [-0.3, -0.25) is 0 Å². The molecule has 0 amide bonds. The van der Waals surface area contributed by atoms with Crippen LogP contribution in [0.5, 0.6) is 5.75 Å². The summed E-state index contributed by atoms with van der Waals surface area (Å²) >= 11 is 0. The van der Waals surface area contributed by atoms with E-state index in [4.69, 9.17) is 16.2 Å². The fourth-order valence-corrected chi connectivity index (χ4v) is 4.46. The predicted octanol–water partition coefficient (Wildman–Crippen LogP) is 3.03. The summed E-state index contributed by atoms with van der Waals surface area (Å²) in [6.45, 7) is 0.263. The highest BCUT2D eigenvalue weighted by molar-refractivity contribution is 6.19. The van der Waals surface area contributed by atoms with Gasteiger partial charge in [0.1, 0.15) is 12.4 Å². The quantitative estimate of drug-likeness (QED) is 0.718. The van der Waals surface area contributed by atoms with Crippen LogP contribution < -0.4 is 20.8 Å². The number of allylic oxidation sites excluding steroid dienone is 6. The number of hydrogen-bond acceptors (Lipinski definition) is 4. The van der Waals surface area contributed by atoms with Gasteiger partial charge < -0.3 is 15.0 Å². The molecule has 5 heterocycles. The number of aromatic nitrogens is 1. The van der Waals surface area contributed by atoms with Gasteiger partial charge in [0.15, 0.2) is 0 Å². The molecule has 2 atom stereocenters.